The summed E-state index contributed by atoms with van der Waals surface area (Å²) in [6, 6.07) is 0. The molecule has 16 nitrogen and oxygen atoms in total. The van der Waals surface area contributed by atoms with Crippen molar-refractivity contribution in [1.82, 2.24) is 0 Å². The molecule has 0 aliphatic carbocycles. The summed E-state index contributed by atoms with van der Waals surface area (Å²) >= 11 is 0. The third-order valence-corrected chi connectivity index (χ3v) is 0.298. The van der Waals surface area contributed by atoms with Crippen LogP contribution in [0.3, 0.4) is 0 Å². The molecule has 0 aliphatic rings. The van der Waals surface area contributed by atoms with Crippen LogP contribution in [0.15, 0.2) is 0 Å². The molecule has 0 bridgehead atoms. The van der Waals surface area contributed by atoms with E-state index in [0.29, 0.717) is 0 Å². The minimum absolute atomic E-state index is 0. The first-order valence-corrected chi connectivity index (χ1v) is 3.18. The van der Waals surface area contributed by atoms with Gasteiger partial charge in [-0.2, -0.15) is 0 Å². The molecule has 0 spiro atoms. The number of hydrogen-bond acceptors (Lipinski definition) is 16. The standard InChI is InChI=1S/4CH2O4.Ca.Mg/c4*2-1(3)5-4;;/h4*4H,(H,2,3);;/q;;;;2*+2/p-4. The molecule has 0 heterocycles. The molecule has 18 heteroatoms. The molecule has 0 unspecified atom stereocenters. The van der Waals surface area contributed by atoms with Gasteiger partial charge in [-0.05, 0) is 0 Å². The van der Waals surface area contributed by atoms with Crippen LogP contribution in [0.2, 0.25) is 0 Å². The summed E-state index contributed by atoms with van der Waals surface area (Å²) in [7, 11) is 0. The van der Waals surface area contributed by atoms with Crippen LogP contribution >= 0.6 is 0 Å². The van der Waals surface area contributed by atoms with E-state index in [2.05, 4.69) is 19.6 Å². The molecule has 0 aromatic carbocycles. The Morgan fingerprint density at radius 1 is 0.545 bits per heavy atom. The van der Waals surface area contributed by atoms with E-state index in [1.807, 2.05) is 0 Å². The third-order valence-electron chi connectivity index (χ3n) is 0.298. The molecule has 120 valence electrons. The van der Waals surface area contributed by atoms with Gasteiger partial charge >= 0.3 is 60.8 Å². The maximum Gasteiger partial charge on any atom is 2.00 e. The van der Waals surface area contributed by atoms with E-state index in [1.54, 1.807) is 0 Å². The Morgan fingerprint density at radius 3 is 0.591 bits per heavy atom. The van der Waals surface area contributed by atoms with Gasteiger partial charge in [-0.3, -0.25) is 21.0 Å². The van der Waals surface area contributed by atoms with Gasteiger partial charge in [-0.1, -0.05) is 0 Å². The van der Waals surface area contributed by atoms with Crippen LogP contribution in [0.4, 0.5) is 19.2 Å². The molecule has 0 aromatic heterocycles. The number of rotatable bonds is 0. The fourth-order valence-electron chi connectivity index (χ4n) is 0. The fraction of sp³-hybridized carbons (Fsp3) is 0. The van der Waals surface area contributed by atoms with Crippen molar-refractivity contribution in [3.63, 3.8) is 0 Å². The first-order chi connectivity index (χ1) is 9.08. The van der Waals surface area contributed by atoms with Gasteiger partial charge in [0.15, 0.2) is 0 Å². The second-order valence-electron chi connectivity index (χ2n) is 1.37. The Kier molecular flexibility index (Phi) is 54.3. The van der Waals surface area contributed by atoms with E-state index in [-0.39, 0.29) is 60.8 Å². The SMILES string of the molecule is O=C([O-])OO.O=C([O-])OO.O=C([O-])OO.O=C([O-])OO.[Ca+2].[Mg+2]. The Bertz CT molecular complexity index is 223. The van der Waals surface area contributed by atoms with Gasteiger partial charge in [0.05, 0.1) is 0 Å². The van der Waals surface area contributed by atoms with E-state index in [9.17, 15) is 0 Å². The second-order valence-corrected chi connectivity index (χ2v) is 1.37. The Balaban J connectivity index is -0.0000000376. The van der Waals surface area contributed by atoms with Crippen molar-refractivity contribution < 1.29 is 80.2 Å². The van der Waals surface area contributed by atoms with Gasteiger partial charge in [0.25, 0.3) is 24.6 Å². The minimum Gasteiger partial charge on any atom is -0.424 e. The Labute approximate surface area is 164 Å². The van der Waals surface area contributed by atoms with E-state index >= 15 is 0 Å². The second kappa shape index (κ2) is 32.1. The molecule has 0 aromatic rings. The molecule has 0 aliphatic heterocycles. The molecule has 4 N–H and O–H groups in total. The van der Waals surface area contributed by atoms with Crippen LogP contribution in [-0.4, -0.2) is 106 Å². The summed E-state index contributed by atoms with van der Waals surface area (Å²) < 4.78 is 0. The molecule has 0 amide bonds. The zero-order valence-electron chi connectivity index (χ0n) is 10.1. The quantitative estimate of drug-likeness (QED) is 0.133. The molecule has 0 fully saturated rings. The van der Waals surface area contributed by atoms with Gasteiger partial charge < -0.3 is 59.2 Å². The normalized spacial score (nSPS) is 6.00. The topological polar surface area (TPSA) is 278 Å². The number of carbonyl (C=O) groups excluding carboxylic acids is 4. The fourth-order valence-corrected chi connectivity index (χ4v) is 0. The molecule has 0 atom stereocenters. The summed E-state index contributed by atoms with van der Waals surface area (Å²) in [5.74, 6) is 0. The van der Waals surface area contributed by atoms with Crippen molar-refractivity contribution in [2.24, 2.45) is 0 Å². The predicted molar refractivity (Wildman–Crippen MR) is 47.9 cm³/mol. The summed E-state index contributed by atoms with van der Waals surface area (Å²) in [5, 5.41) is 63.1. The molecular formula is C4H4CaMgO16. The van der Waals surface area contributed by atoms with Crippen LogP contribution in [0.1, 0.15) is 0 Å². The summed E-state index contributed by atoms with van der Waals surface area (Å²) in [5.41, 5.74) is 0. The van der Waals surface area contributed by atoms with Crippen LogP contribution in [0.25, 0.3) is 0 Å². The Hall–Kier alpha value is -1.05. The van der Waals surface area contributed by atoms with Crippen molar-refractivity contribution >= 4 is 85.4 Å². The summed E-state index contributed by atoms with van der Waals surface area (Å²) in [4.78, 5) is 45.4. The average Bonchev–Trinajstić information content (AvgIpc) is 2.40. The van der Waals surface area contributed by atoms with Crippen molar-refractivity contribution in [1.29, 1.82) is 0 Å². The van der Waals surface area contributed by atoms with Gasteiger partial charge in [0.1, 0.15) is 0 Å². The summed E-state index contributed by atoms with van der Waals surface area (Å²) in [6.07, 6.45) is -7.76. The minimum atomic E-state index is -1.94. The number of carboxylic acid groups (broad SMARTS) is 4. The largest absolute Gasteiger partial charge is 2.00 e. The summed E-state index contributed by atoms with van der Waals surface area (Å²) in [6.45, 7) is 0. The smallest absolute Gasteiger partial charge is 0.424 e. The maximum absolute atomic E-state index is 8.78. The van der Waals surface area contributed by atoms with Crippen LogP contribution in [0.5, 0.6) is 0 Å². The van der Waals surface area contributed by atoms with Crippen molar-refractivity contribution in [2.75, 3.05) is 0 Å². The number of hydrogen-bond donors (Lipinski definition) is 4. The van der Waals surface area contributed by atoms with Gasteiger partial charge in [0.2, 0.25) is 0 Å². The van der Waals surface area contributed by atoms with Crippen molar-refractivity contribution in [3.8, 4) is 0 Å². The van der Waals surface area contributed by atoms with Gasteiger partial charge in [0, 0.05) is 0 Å². The van der Waals surface area contributed by atoms with Crippen LogP contribution in [-0.2, 0) is 19.6 Å². The van der Waals surface area contributed by atoms with Crippen molar-refractivity contribution in [2.45, 2.75) is 0 Å². The Morgan fingerprint density at radius 2 is 0.591 bits per heavy atom. The first kappa shape index (κ1) is 37.3. The van der Waals surface area contributed by atoms with Gasteiger partial charge in [-0.15, -0.1) is 0 Å². The average molecular weight is 372 g/mol. The van der Waals surface area contributed by atoms with Crippen molar-refractivity contribution in [3.05, 3.63) is 0 Å². The van der Waals surface area contributed by atoms with E-state index < -0.39 is 24.6 Å². The molecular weight excluding hydrogens is 368 g/mol. The molecule has 0 rings (SSSR count). The first-order valence-electron chi connectivity index (χ1n) is 3.18. The molecule has 0 saturated heterocycles. The van der Waals surface area contributed by atoms with E-state index in [4.69, 9.17) is 60.6 Å². The zero-order valence-corrected chi connectivity index (χ0v) is 13.7. The molecule has 22 heavy (non-hydrogen) atoms. The predicted octanol–water partition coefficient (Wildman–Crippen LogP) is -5.48. The van der Waals surface area contributed by atoms with E-state index in [1.165, 1.54) is 0 Å². The van der Waals surface area contributed by atoms with E-state index in [0.717, 1.165) is 0 Å². The number of carbonyl (C=O) groups is 4. The monoisotopic (exact) mass is 372 g/mol. The van der Waals surface area contributed by atoms with Gasteiger partial charge in [-0.25, -0.2) is 0 Å². The zero-order chi connectivity index (χ0) is 17.1. The van der Waals surface area contributed by atoms with Crippen LogP contribution < -0.4 is 20.4 Å². The van der Waals surface area contributed by atoms with Crippen LogP contribution in [0, 0.1) is 0 Å². The maximum atomic E-state index is 8.78. The third kappa shape index (κ3) is 126. The molecule has 0 radical (unpaired) electrons. The molecule has 0 saturated carbocycles.